The van der Waals surface area contributed by atoms with Gasteiger partial charge < -0.3 is 10.2 Å². The summed E-state index contributed by atoms with van der Waals surface area (Å²) in [6, 6.07) is 3.88. The number of piperidine rings is 1. The molecule has 2 aromatic heterocycles. The predicted molar refractivity (Wildman–Crippen MR) is 97.0 cm³/mol. The molecule has 0 radical (unpaired) electrons. The average molecular weight is 358 g/mol. The zero-order chi connectivity index (χ0) is 17.6. The Labute approximate surface area is 151 Å². The van der Waals surface area contributed by atoms with Gasteiger partial charge in [0.25, 0.3) is 0 Å². The van der Waals surface area contributed by atoms with Crippen molar-refractivity contribution in [3.05, 3.63) is 35.6 Å². The van der Waals surface area contributed by atoms with Gasteiger partial charge in [-0.3, -0.25) is 14.6 Å². The summed E-state index contributed by atoms with van der Waals surface area (Å²) < 4.78 is 0. The number of pyridine rings is 1. The quantitative estimate of drug-likeness (QED) is 0.858. The fourth-order valence-corrected chi connectivity index (χ4v) is 3.78. The number of nitrogens with zero attached hydrogens (tertiary/aromatic N) is 3. The fraction of sp³-hybridized carbons (Fsp3) is 0.444. The summed E-state index contributed by atoms with van der Waals surface area (Å²) in [7, 11) is 0. The fourth-order valence-electron chi connectivity index (χ4n) is 2.94. The first kappa shape index (κ1) is 17.5. The maximum absolute atomic E-state index is 12.3. The third-order valence-electron chi connectivity index (χ3n) is 4.39. The molecule has 0 bridgehead atoms. The van der Waals surface area contributed by atoms with Gasteiger partial charge in [-0.15, -0.1) is 11.3 Å². The number of amides is 2. The zero-order valence-corrected chi connectivity index (χ0v) is 15.1. The molecule has 1 N–H and O–H groups in total. The van der Waals surface area contributed by atoms with Crippen LogP contribution in [0.25, 0.3) is 10.6 Å². The molecule has 0 unspecified atom stereocenters. The Morgan fingerprint density at radius 1 is 1.48 bits per heavy atom. The van der Waals surface area contributed by atoms with Crippen molar-refractivity contribution in [3.63, 3.8) is 0 Å². The second-order valence-electron chi connectivity index (χ2n) is 6.09. The number of carbonyl (C=O) groups is 2. The van der Waals surface area contributed by atoms with E-state index < -0.39 is 0 Å². The number of rotatable bonds is 6. The molecule has 0 aromatic carbocycles. The van der Waals surface area contributed by atoms with Gasteiger partial charge >= 0.3 is 0 Å². The normalized spacial score (nSPS) is 17.6. The monoisotopic (exact) mass is 358 g/mol. The summed E-state index contributed by atoms with van der Waals surface area (Å²) in [5.41, 5.74) is 1.98. The molecule has 0 saturated carbocycles. The Morgan fingerprint density at radius 3 is 3.12 bits per heavy atom. The first-order chi connectivity index (χ1) is 12.2. The van der Waals surface area contributed by atoms with Crippen LogP contribution in [0.5, 0.6) is 0 Å². The summed E-state index contributed by atoms with van der Waals surface area (Å²) >= 11 is 1.59. The van der Waals surface area contributed by atoms with Gasteiger partial charge in [-0.05, 0) is 25.5 Å². The SMILES string of the molecule is CCN1C[C@@H](C(=O)NCCc2csc(-c3cccnc3)n2)CCC1=O. The lowest BCUT2D eigenvalue weighted by molar-refractivity contribution is -0.138. The van der Waals surface area contributed by atoms with Crippen LogP contribution in [0.15, 0.2) is 29.9 Å². The molecular weight excluding hydrogens is 336 g/mol. The number of carbonyl (C=O) groups excluding carboxylic acids is 2. The van der Waals surface area contributed by atoms with Gasteiger partial charge in [0.15, 0.2) is 0 Å². The van der Waals surface area contributed by atoms with Crippen molar-refractivity contribution < 1.29 is 9.59 Å². The number of likely N-dealkylation sites (tertiary alicyclic amines) is 1. The molecule has 1 aliphatic heterocycles. The molecule has 2 aromatic rings. The van der Waals surface area contributed by atoms with Crippen LogP contribution >= 0.6 is 11.3 Å². The van der Waals surface area contributed by atoms with Crippen LogP contribution in [0.2, 0.25) is 0 Å². The third kappa shape index (κ3) is 4.42. The summed E-state index contributed by atoms with van der Waals surface area (Å²) in [6.07, 6.45) is 5.35. The zero-order valence-electron chi connectivity index (χ0n) is 14.3. The largest absolute Gasteiger partial charge is 0.355 e. The van der Waals surface area contributed by atoms with Crippen LogP contribution in [-0.2, 0) is 16.0 Å². The van der Waals surface area contributed by atoms with Gasteiger partial charge in [-0.25, -0.2) is 4.98 Å². The lowest BCUT2D eigenvalue weighted by Crippen LogP contribution is -2.45. The van der Waals surface area contributed by atoms with Gasteiger partial charge in [0.05, 0.1) is 11.6 Å². The molecule has 2 amide bonds. The highest BCUT2D eigenvalue weighted by atomic mass is 32.1. The number of nitrogens with one attached hydrogen (secondary N) is 1. The van der Waals surface area contributed by atoms with Crippen LogP contribution in [0.1, 0.15) is 25.5 Å². The van der Waals surface area contributed by atoms with Gasteiger partial charge in [-0.2, -0.15) is 0 Å². The van der Waals surface area contributed by atoms with Gasteiger partial charge in [0.1, 0.15) is 5.01 Å². The minimum Gasteiger partial charge on any atom is -0.355 e. The number of hydrogen-bond acceptors (Lipinski definition) is 5. The molecule has 3 heterocycles. The van der Waals surface area contributed by atoms with Crippen molar-refractivity contribution >= 4 is 23.2 Å². The summed E-state index contributed by atoms with van der Waals surface area (Å²) in [4.78, 5) is 34.5. The first-order valence-corrected chi connectivity index (χ1v) is 9.45. The lowest BCUT2D eigenvalue weighted by atomic mass is 9.96. The Bertz CT molecular complexity index is 732. The van der Waals surface area contributed by atoms with Gasteiger partial charge in [0, 0.05) is 55.8 Å². The molecule has 7 heteroatoms. The van der Waals surface area contributed by atoms with Crippen LogP contribution in [0.3, 0.4) is 0 Å². The van der Waals surface area contributed by atoms with Crippen LogP contribution in [0, 0.1) is 5.92 Å². The Hall–Kier alpha value is -2.28. The van der Waals surface area contributed by atoms with E-state index in [4.69, 9.17) is 0 Å². The lowest BCUT2D eigenvalue weighted by Gasteiger charge is -2.30. The molecule has 25 heavy (non-hydrogen) atoms. The van der Waals surface area contributed by atoms with E-state index in [1.54, 1.807) is 28.6 Å². The summed E-state index contributed by atoms with van der Waals surface area (Å²) in [6.45, 7) is 3.70. The van der Waals surface area contributed by atoms with Crippen molar-refractivity contribution in [1.82, 2.24) is 20.2 Å². The molecule has 132 valence electrons. The number of aromatic nitrogens is 2. The van der Waals surface area contributed by atoms with E-state index in [1.165, 1.54) is 0 Å². The van der Waals surface area contributed by atoms with Crippen molar-refractivity contribution in [3.8, 4) is 10.6 Å². The second-order valence-corrected chi connectivity index (χ2v) is 6.95. The smallest absolute Gasteiger partial charge is 0.224 e. The molecular formula is C18H22N4O2S. The highest BCUT2D eigenvalue weighted by molar-refractivity contribution is 7.13. The number of thiazole rings is 1. The summed E-state index contributed by atoms with van der Waals surface area (Å²) in [5, 5.41) is 5.95. The molecule has 0 spiro atoms. The highest BCUT2D eigenvalue weighted by Crippen LogP contribution is 2.22. The van der Waals surface area contributed by atoms with E-state index in [-0.39, 0.29) is 17.7 Å². The Balaban J connectivity index is 1.47. The number of hydrogen-bond donors (Lipinski definition) is 1. The van der Waals surface area contributed by atoms with Crippen molar-refractivity contribution in [2.75, 3.05) is 19.6 Å². The molecule has 0 aliphatic carbocycles. The van der Waals surface area contributed by atoms with Gasteiger partial charge in [-0.1, -0.05) is 0 Å². The standard InChI is InChI=1S/C18H22N4O2S/c1-2-22-11-14(5-6-16(22)23)17(24)20-9-7-15-12-25-18(21-15)13-4-3-8-19-10-13/h3-4,8,10,12,14H,2,5-7,9,11H2,1H3,(H,20,24)/t14-/m0/s1. The van der Waals surface area contributed by atoms with E-state index in [0.29, 0.717) is 38.9 Å². The maximum Gasteiger partial charge on any atom is 0.224 e. The molecule has 1 aliphatic rings. The van der Waals surface area contributed by atoms with Crippen molar-refractivity contribution in [2.24, 2.45) is 5.92 Å². The summed E-state index contributed by atoms with van der Waals surface area (Å²) in [5.74, 6) is 0.0876. The molecule has 1 fully saturated rings. The average Bonchev–Trinajstić information content (AvgIpc) is 3.11. The minimum atomic E-state index is -0.0981. The Kier molecular flexibility index (Phi) is 5.75. The highest BCUT2D eigenvalue weighted by Gasteiger charge is 2.29. The van der Waals surface area contributed by atoms with Crippen molar-refractivity contribution in [2.45, 2.75) is 26.2 Å². The van der Waals surface area contributed by atoms with E-state index in [2.05, 4.69) is 15.3 Å². The Morgan fingerprint density at radius 2 is 2.36 bits per heavy atom. The molecule has 6 nitrogen and oxygen atoms in total. The van der Waals surface area contributed by atoms with Gasteiger partial charge in [0.2, 0.25) is 11.8 Å². The van der Waals surface area contributed by atoms with Crippen molar-refractivity contribution in [1.29, 1.82) is 0 Å². The molecule has 1 saturated heterocycles. The molecule has 1 atom stereocenters. The van der Waals surface area contributed by atoms with E-state index in [0.717, 1.165) is 16.3 Å². The minimum absolute atomic E-state index is 0.0358. The topological polar surface area (TPSA) is 75.2 Å². The maximum atomic E-state index is 12.3. The van der Waals surface area contributed by atoms with Crippen LogP contribution in [0.4, 0.5) is 0 Å². The van der Waals surface area contributed by atoms with E-state index >= 15 is 0 Å². The van der Waals surface area contributed by atoms with E-state index in [1.807, 2.05) is 24.4 Å². The third-order valence-corrected chi connectivity index (χ3v) is 5.33. The second kappa shape index (κ2) is 8.20. The predicted octanol–water partition coefficient (Wildman–Crippen LogP) is 2.12. The van der Waals surface area contributed by atoms with Crippen LogP contribution in [-0.4, -0.2) is 46.3 Å². The van der Waals surface area contributed by atoms with Crippen LogP contribution < -0.4 is 5.32 Å². The first-order valence-electron chi connectivity index (χ1n) is 8.57. The van der Waals surface area contributed by atoms with E-state index in [9.17, 15) is 9.59 Å². The molecule has 3 rings (SSSR count).